The van der Waals surface area contributed by atoms with E-state index in [1.807, 2.05) is 0 Å². The summed E-state index contributed by atoms with van der Waals surface area (Å²) in [6.07, 6.45) is 0. The van der Waals surface area contributed by atoms with Crippen LogP contribution in [0.15, 0.2) is 48.5 Å². The molecule has 0 amide bonds. The molecule has 0 aliphatic heterocycles. The molecule has 0 saturated carbocycles. The summed E-state index contributed by atoms with van der Waals surface area (Å²) in [6.45, 7) is 1.50. The summed E-state index contributed by atoms with van der Waals surface area (Å²) in [7, 11) is 0. The van der Waals surface area contributed by atoms with Gasteiger partial charge in [-0.05, 0) is 60.3 Å². The fourth-order valence-electron chi connectivity index (χ4n) is 3.24. The SMILES string of the molecule is Cc1cc(F)c(C#Cc2cc(F)c(C#Cc3ccc4c(F)c(F)c(F)cc4c3)c(F)c2)c(F)c1. The zero-order valence-electron chi connectivity index (χ0n) is 17.3. The van der Waals surface area contributed by atoms with E-state index < -0.39 is 51.8 Å². The number of hydrogen-bond acceptors (Lipinski definition) is 0. The molecule has 4 aromatic carbocycles. The Morgan fingerprint density at radius 2 is 1.03 bits per heavy atom. The fourth-order valence-corrected chi connectivity index (χ4v) is 3.24. The Balaban J connectivity index is 1.67. The first-order chi connectivity index (χ1) is 16.1. The molecule has 0 fully saturated rings. The van der Waals surface area contributed by atoms with Gasteiger partial charge in [-0.25, -0.2) is 30.7 Å². The van der Waals surface area contributed by atoms with Gasteiger partial charge in [0.1, 0.15) is 23.3 Å². The highest BCUT2D eigenvalue weighted by atomic mass is 19.2. The highest BCUT2D eigenvalue weighted by Gasteiger charge is 2.14. The number of hydrogen-bond donors (Lipinski definition) is 0. The van der Waals surface area contributed by atoms with E-state index in [1.54, 1.807) is 0 Å². The summed E-state index contributed by atoms with van der Waals surface area (Å²) < 4.78 is 97.3. The van der Waals surface area contributed by atoms with Crippen molar-refractivity contribution in [1.29, 1.82) is 0 Å². The molecule has 0 saturated heterocycles. The largest absolute Gasteiger partial charge is 0.206 e. The van der Waals surface area contributed by atoms with Gasteiger partial charge in [0.05, 0.1) is 11.1 Å². The highest BCUT2D eigenvalue weighted by molar-refractivity contribution is 5.84. The topological polar surface area (TPSA) is 0 Å². The van der Waals surface area contributed by atoms with Gasteiger partial charge < -0.3 is 0 Å². The summed E-state index contributed by atoms with van der Waals surface area (Å²) in [5.41, 5.74) is -0.770. The molecule has 0 N–H and O–H groups in total. The van der Waals surface area contributed by atoms with E-state index >= 15 is 0 Å². The lowest BCUT2D eigenvalue weighted by Gasteiger charge is -2.03. The zero-order valence-corrected chi connectivity index (χ0v) is 17.3. The van der Waals surface area contributed by atoms with E-state index in [2.05, 4.69) is 23.7 Å². The standard InChI is InChI=1S/C27H11F7/c1-14-8-21(28)19(22(29)9-14)7-4-16-11-23(30)20(24(31)12-16)6-3-15-2-5-18-17(10-15)13-25(32)27(34)26(18)33/h2,5,8-13H,1H3. The molecular formula is C27H11F7. The maximum atomic E-state index is 14.5. The van der Waals surface area contributed by atoms with Crippen molar-refractivity contribution in [3.05, 3.63) is 117 Å². The van der Waals surface area contributed by atoms with Gasteiger partial charge in [-0.2, -0.15) is 0 Å². The van der Waals surface area contributed by atoms with Crippen molar-refractivity contribution in [2.75, 3.05) is 0 Å². The summed E-state index contributed by atoms with van der Waals surface area (Å²) in [6, 6.07) is 8.37. The van der Waals surface area contributed by atoms with Crippen LogP contribution in [-0.4, -0.2) is 0 Å². The quantitative estimate of drug-likeness (QED) is 0.149. The zero-order chi connectivity index (χ0) is 24.6. The molecule has 0 aliphatic rings. The van der Waals surface area contributed by atoms with Crippen LogP contribution >= 0.6 is 0 Å². The lowest BCUT2D eigenvalue weighted by atomic mass is 10.1. The van der Waals surface area contributed by atoms with Crippen LogP contribution in [0.5, 0.6) is 0 Å². The second-order valence-corrected chi connectivity index (χ2v) is 7.34. The second kappa shape index (κ2) is 8.96. The Labute approximate surface area is 189 Å². The van der Waals surface area contributed by atoms with Crippen molar-refractivity contribution in [2.24, 2.45) is 0 Å². The third-order valence-corrected chi connectivity index (χ3v) is 4.86. The normalized spacial score (nSPS) is 10.5. The summed E-state index contributed by atoms with van der Waals surface area (Å²) in [5, 5.41) is -0.156. The minimum absolute atomic E-state index is 0.0188. The maximum Gasteiger partial charge on any atom is 0.195 e. The monoisotopic (exact) mass is 468 g/mol. The predicted molar refractivity (Wildman–Crippen MR) is 113 cm³/mol. The van der Waals surface area contributed by atoms with Crippen molar-refractivity contribution in [3.8, 4) is 23.7 Å². The lowest BCUT2D eigenvalue weighted by Crippen LogP contribution is -1.94. The maximum absolute atomic E-state index is 14.5. The van der Waals surface area contributed by atoms with Crippen LogP contribution in [0.2, 0.25) is 0 Å². The van der Waals surface area contributed by atoms with Gasteiger partial charge in [-0.1, -0.05) is 29.7 Å². The van der Waals surface area contributed by atoms with Crippen molar-refractivity contribution in [1.82, 2.24) is 0 Å². The predicted octanol–water partition coefficient (Wildman–Crippen LogP) is 6.92. The van der Waals surface area contributed by atoms with Gasteiger partial charge in [0, 0.05) is 16.5 Å². The molecule has 0 heterocycles. The Kier molecular flexibility index (Phi) is 6.04. The molecule has 0 bridgehead atoms. The molecule has 0 atom stereocenters. The molecule has 0 spiro atoms. The number of fused-ring (bicyclic) bond motifs is 1. The van der Waals surface area contributed by atoms with Crippen LogP contribution in [0.3, 0.4) is 0 Å². The van der Waals surface area contributed by atoms with Gasteiger partial charge in [-0.15, -0.1) is 0 Å². The van der Waals surface area contributed by atoms with Gasteiger partial charge in [0.25, 0.3) is 0 Å². The van der Waals surface area contributed by atoms with Crippen LogP contribution in [-0.2, 0) is 0 Å². The van der Waals surface area contributed by atoms with E-state index in [-0.39, 0.29) is 21.9 Å². The Bertz CT molecular complexity index is 1550. The number of halogens is 7. The Morgan fingerprint density at radius 3 is 1.62 bits per heavy atom. The van der Waals surface area contributed by atoms with Gasteiger partial charge in [-0.3, -0.25) is 0 Å². The van der Waals surface area contributed by atoms with Crippen molar-refractivity contribution in [2.45, 2.75) is 6.92 Å². The number of benzene rings is 4. The second-order valence-electron chi connectivity index (χ2n) is 7.34. The van der Waals surface area contributed by atoms with E-state index in [9.17, 15) is 30.7 Å². The molecule has 0 aliphatic carbocycles. The molecule has 0 radical (unpaired) electrons. The summed E-state index contributed by atoms with van der Waals surface area (Å²) in [4.78, 5) is 0. The first-order valence-corrected chi connectivity index (χ1v) is 9.70. The molecule has 7 heteroatoms. The Morgan fingerprint density at radius 1 is 0.500 bits per heavy atom. The van der Waals surface area contributed by atoms with Crippen molar-refractivity contribution < 1.29 is 30.7 Å². The first kappa shape index (κ1) is 22.9. The van der Waals surface area contributed by atoms with Gasteiger partial charge in [0.2, 0.25) is 0 Å². The number of aryl methyl sites for hydroxylation is 1. The average molecular weight is 468 g/mol. The van der Waals surface area contributed by atoms with Crippen LogP contribution in [0.1, 0.15) is 27.8 Å². The molecular weight excluding hydrogens is 457 g/mol. The van der Waals surface area contributed by atoms with Crippen LogP contribution in [0.4, 0.5) is 30.7 Å². The molecule has 0 aromatic heterocycles. The van der Waals surface area contributed by atoms with Crippen molar-refractivity contribution in [3.63, 3.8) is 0 Å². The lowest BCUT2D eigenvalue weighted by molar-refractivity contribution is 0.453. The summed E-state index contributed by atoms with van der Waals surface area (Å²) in [5.74, 6) is 1.06. The smallest absolute Gasteiger partial charge is 0.195 e. The van der Waals surface area contributed by atoms with Gasteiger partial charge >= 0.3 is 0 Å². The average Bonchev–Trinajstić information content (AvgIpc) is 2.76. The number of rotatable bonds is 0. The van der Waals surface area contributed by atoms with E-state index in [4.69, 9.17) is 0 Å². The summed E-state index contributed by atoms with van der Waals surface area (Å²) >= 11 is 0. The minimum atomic E-state index is -1.61. The van der Waals surface area contributed by atoms with E-state index in [0.717, 1.165) is 30.3 Å². The third-order valence-electron chi connectivity index (χ3n) is 4.86. The molecule has 34 heavy (non-hydrogen) atoms. The molecule has 168 valence electrons. The fraction of sp³-hybridized carbons (Fsp3) is 0.0370. The molecule has 0 nitrogen and oxygen atoms in total. The highest BCUT2D eigenvalue weighted by Crippen LogP contribution is 2.24. The van der Waals surface area contributed by atoms with E-state index in [1.165, 1.54) is 25.1 Å². The van der Waals surface area contributed by atoms with E-state index in [0.29, 0.717) is 5.56 Å². The molecule has 4 aromatic rings. The third kappa shape index (κ3) is 4.46. The molecule has 4 rings (SSSR count). The van der Waals surface area contributed by atoms with Crippen LogP contribution in [0, 0.1) is 71.3 Å². The minimum Gasteiger partial charge on any atom is -0.206 e. The van der Waals surface area contributed by atoms with Gasteiger partial charge in [0.15, 0.2) is 17.5 Å². The first-order valence-electron chi connectivity index (χ1n) is 9.70. The van der Waals surface area contributed by atoms with Crippen molar-refractivity contribution >= 4 is 10.8 Å². The Hall–Kier alpha value is -4.23. The van der Waals surface area contributed by atoms with Crippen LogP contribution in [0.25, 0.3) is 10.8 Å². The molecule has 0 unspecified atom stereocenters. The van der Waals surface area contributed by atoms with Crippen LogP contribution < -0.4 is 0 Å².